The summed E-state index contributed by atoms with van der Waals surface area (Å²) in [5.74, 6) is 0.468. The van der Waals surface area contributed by atoms with E-state index in [1.54, 1.807) is 26.0 Å². The Labute approximate surface area is 186 Å². The lowest BCUT2D eigenvalue weighted by Gasteiger charge is -2.11. The summed E-state index contributed by atoms with van der Waals surface area (Å²) in [4.78, 5) is 12.8. The highest BCUT2D eigenvalue weighted by atomic mass is 32.2. The number of halogens is 1. The molecule has 1 aromatic heterocycles. The fourth-order valence-corrected chi connectivity index (χ4v) is 4.78. The van der Waals surface area contributed by atoms with Crippen LogP contribution in [0.4, 0.5) is 10.1 Å². The van der Waals surface area contributed by atoms with Crippen LogP contribution in [0.25, 0.3) is 11.4 Å². The van der Waals surface area contributed by atoms with Crippen LogP contribution in [0.5, 0.6) is 0 Å². The average Bonchev–Trinajstić information content (AvgIpc) is 3.03. The Morgan fingerprint density at radius 2 is 1.81 bits per heavy atom. The van der Waals surface area contributed by atoms with Crippen molar-refractivity contribution >= 4 is 21.4 Å². The molecule has 2 heterocycles. The van der Waals surface area contributed by atoms with Gasteiger partial charge in [-0.1, -0.05) is 6.42 Å². The molecule has 0 aliphatic carbocycles. The molecule has 7 nitrogen and oxygen atoms in total. The van der Waals surface area contributed by atoms with Gasteiger partial charge in [-0.2, -0.15) is 0 Å². The molecule has 0 saturated carbocycles. The molecular weight excluding hydrogens is 431 g/mol. The Morgan fingerprint density at radius 3 is 2.53 bits per heavy atom. The molecular formula is C23H25FN4O3S. The van der Waals surface area contributed by atoms with Crippen molar-refractivity contribution in [2.75, 3.05) is 5.32 Å². The van der Waals surface area contributed by atoms with Crippen LogP contribution in [0, 0.1) is 5.82 Å². The number of nitrogens with one attached hydrogen (secondary N) is 1. The summed E-state index contributed by atoms with van der Waals surface area (Å²) in [5, 5.41) is 10.6. The van der Waals surface area contributed by atoms with Gasteiger partial charge in [-0.25, -0.2) is 12.8 Å². The van der Waals surface area contributed by atoms with Crippen LogP contribution >= 0.6 is 0 Å². The minimum atomic E-state index is -3.43. The first kappa shape index (κ1) is 22.1. The van der Waals surface area contributed by atoms with Gasteiger partial charge in [0.2, 0.25) is 0 Å². The molecule has 1 aliphatic rings. The first-order chi connectivity index (χ1) is 15.3. The molecule has 1 N–H and O–H groups in total. The van der Waals surface area contributed by atoms with Crippen molar-refractivity contribution in [3.63, 3.8) is 0 Å². The number of hydrogen-bond donors (Lipinski definition) is 1. The highest BCUT2D eigenvalue weighted by molar-refractivity contribution is 7.92. The number of benzene rings is 2. The van der Waals surface area contributed by atoms with Gasteiger partial charge < -0.3 is 9.88 Å². The zero-order valence-electron chi connectivity index (χ0n) is 18.0. The second kappa shape index (κ2) is 8.82. The maximum absolute atomic E-state index is 14.5. The molecule has 1 aliphatic heterocycles. The van der Waals surface area contributed by atoms with Crippen molar-refractivity contribution in [2.45, 2.75) is 56.2 Å². The van der Waals surface area contributed by atoms with Crippen LogP contribution in [0.2, 0.25) is 0 Å². The first-order valence-electron chi connectivity index (χ1n) is 10.6. The Balaban J connectivity index is 1.58. The molecule has 2 aromatic carbocycles. The third-order valence-corrected chi connectivity index (χ3v) is 7.82. The van der Waals surface area contributed by atoms with E-state index in [1.807, 2.05) is 0 Å². The van der Waals surface area contributed by atoms with Gasteiger partial charge in [0, 0.05) is 24.1 Å². The van der Waals surface area contributed by atoms with Crippen LogP contribution < -0.4 is 5.32 Å². The summed E-state index contributed by atoms with van der Waals surface area (Å²) in [5.41, 5.74) is 0.923. The number of aromatic nitrogens is 3. The fraction of sp³-hybridized carbons (Fsp3) is 0.348. The molecule has 0 saturated heterocycles. The van der Waals surface area contributed by atoms with E-state index < -0.39 is 26.8 Å². The summed E-state index contributed by atoms with van der Waals surface area (Å²) < 4.78 is 41.0. The number of aryl methyl sites for hydroxylation is 1. The molecule has 0 atom stereocenters. The summed E-state index contributed by atoms with van der Waals surface area (Å²) in [6, 6.07) is 10.1. The summed E-state index contributed by atoms with van der Waals surface area (Å²) >= 11 is 0. The SMILES string of the molecule is CC(C)S(=O)(=O)c1ccc(C(=O)Nc2cc(-c3nnc4n3CCCCC4)ccc2F)cc1. The van der Waals surface area contributed by atoms with Gasteiger partial charge >= 0.3 is 0 Å². The van der Waals surface area contributed by atoms with E-state index in [0.717, 1.165) is 38.1 Å². The number of carbonyl (C=O) groups excluding carboxylic acids is 1. The molecule has 1 amide bonds. The zero-order valence-corrected chi connectivity index (χ0v) is 18.8. The van der Waals surface area contributed by atoms with Crippen LogP contribution in [0.15, 0.2) is 47.4 Å². The molecule has 4 rings (SSSR count). The lowest BCUT2D eigenvalue weighted by molar-refractivity contribution is 0.102. The first-order valence-corrected chi connectivity index (χ1v) is 12.2. The number of fused-ring (bicyclic) bond motifs is 1. The number of rotatable bonds is 5. The van der Waals surface area contributed by atoms with E-state index in [9.17, 15) is 17.6 Å². The molecule has 3 aromatic rings. The monoisotopic (exact) mass is 456 g/mol. The highest BCUT2D eigenvalue weighted by Gasteiger charge is 2.20. The van der Waals surface area contributed by atoms with Crippen molar-refractivity contribution in [3.8, 4) is 11.4 Å². The van der Waals surface area contributed by atoms with Crippen LogP contribution in [-0.4, -0.2) is 34.3 Å². The van der Waals surface area contributed by atoms with Crippen molar-refractivity contribution in [1.82, 2.24) is 14.8 Å². The zero-order chi connectivity index (χ0) is 22.9. The number of hydrogen-bond acceptors (Lipinski definition) is 5. The summed E-state index contributed by atoms with van der Waals surface area (Å²) in [7, 11) is -3.43. The molecule has 0 radical (unpaired) electrons. The maximum atomic E-state index is 14.5. The highest BCUT2D eigenvalue weighted by Crippen LogP contribution is 2.27. The van der Waals surface area contributed by atoms with E-state index in [1.165, 1.54) is 30.3 Å². The largest absolute Gasteiger partial charge is 0.319 e. The molecule has 0 unspecified atom stereocenters. The normalized spacial score (nSPS) is 14.1. The van der Waals surface area contributed by atoms with Crippen LogP contribution in [0.3, 0.4) is 0 Å². The second-order valence-electron chi connectivity index (χ2n) is 8.17. The topological polar surface area (TPSA) is 93.9 Å². The molecule has 9 heteroatoms. The van der Waals surface area contributed by atoms with Gasteiger partial charge in [-0.15, -0.1) is 10.2 Å². The summed E-state index contributed by atoms with van der Waals surface area (Å²) in [6.45, 7) is 4.00. The molecule has 0 bridgehead atoms. The van der Waals surface area contributed by atoms with Crippen molar-refractivity contribution in [1.29, 1.82) is 0 Å². The van der Waals surface area contributed by atoms with E-state index in [0.29, 0.717) is 11.4 Å². The van der Waals surface area contributed by atoms with Crippen LogP contribution in [-0.2, 0) is 22.8 Å². The number of sulfone groups is 1. The smallest absolute Gasteiger partial charge is 0.255 e. The van der Waals surface area contributed by atoms with E-state index in [4.69, 9.17) is 0 Å². The van der Waals surface area contributed by atoms with Crippen molar-refractivity contribution in [3.05, 3.63) is 59.7 Å². The number of carbonyl (C=O) groups is 1. The molecule has 32 heavy (non-hydrogen) atoms. The minimum absolute atomic E-state index is 0.0253. The van der Waals surface area contributed by atoms with E-state index in [-0.39, 0.29) is 16.1 Å². The predicted molar refractivity (Wildman–Crippen MR) is 120 cm³/mol. The van der Waals surface area contributed by atoms with Gasteiger partial charge in [-0.3, -0.25) is 4.79 Å². The van der Waals surface area contributed by atoms with Gasteiger partial charge in [0.05, 0.1) is 15.8 Å². The molecule has 0 spiro atoms. The number of amides is 1. The predicted octanol–water partition coefficient (Wildman–Crippen LogP) is 4.25. The van der Waals surface area contributed by atoms with E-state index >= 15 is 0 Å². The number of anilines is 1. The number of nitrogens with zero attached hydrogens (tertiary/aromatic N) is 3. The lowest BCUT2D eigenvalue weighted by Crippen LogP contribution is -2.16. The van der Waals surface area contributed by atoms with Gasteiger partial charge in [0.25, 0.3) is 5.91 Å². The van der Waals surface area contributed by atoms with Crippen molar-refractivity contribution in [2.24, 2.45) is 0 Å². The molecule has 0 fully saturated rings. The summed E-state index contributed by atoms with van der Waals surface area (Å²) in [6.07, 6.45) is 4.09. The maximum Gasteiger partial charge on any atom is 0.255 e. The third kappa shape index (κ3) is 4.29. The Hall–Kier alpha value is -3.07. The van der Waals surface area contributed by atoms with Gasteiger partial charge in [0.1, 0.15) is 11.6 Å². The second-order valence-corrected chi connectivity index (χ2v) is 10.7. The molecule has 168 valence electrons. The Morgan fingerprint density at radius 1 is 1.06 bits per heavy atom. The quantitative estimate of drug-likeness (QED) is 0.620. The third-order valence-electron chi connectivity index (χ3n) is 5.65. The van der Waals surface area contributed by atoms with Crippen LogP contribution in [0.1, 0.15) is 49.3 Å². The lowest BCUT2D eigenvalue weighted by atomic mass is 10.1. The fourth-order valence-electron chi connectivity index (χ4n) is 3.72. The van der Waals surface area contributed by atoms with Crippen molar-refractivity contribution < 1.29 is 17.6 Å². The Kier molecular flexibility index (Phi) is 6.10. The van der Waals surface area contributed by atoms with Gasteiger partial charge in [0.15, 0.2) is 15.7 Å². The average molecular weight is 457 g/mol. The minimum Gasteiger partial charge on any atom is -0.319 e. The Bertz CT molecular complexity index is 1250. The standard InChI is InChI=1S/C23H25FN4O3S/c1-15(2)32(30,31)18-10-7-16(8-11-18)23(29)25-20-14-17(9-12-19(20)24)22-27-26-21-6-4-3-5-13-28(21)22/h7-12,14-15H,3-6,13H2,1-2H3,(H,25,29). The van der Waals surface area contributed by atoms with E-state index in [2.05, 4.69) is 20.1 Å². The van der Waals surface area contributed by atoms with Gasteiger partial charge in [-0.05, 0) is 69.2 Å².